The number of unbranched alkanes of at least 4 members (excludes halogenated alkanes) is 1. The summed E-state index contributed by atoms with van der Waals surface area (Å²) in [5.74, 6) is -1.90. The van der Waals surface area contributed by atoms with E-state index in [9.17, 15) is 14.4 Å². The molecule has 2 rings (SSSR count). The maximum absolute atomic E-state index is 13.7. The Bertz CT molecular complexity index is 1140. The molecule has 0 radical (unpaired) electrons. The molecule has 0 aliphatic rings. The van der Waals surface area contributed by atoms with Crippen molar-refractivity contribution in [2.75, 3.05) is 13.1 Å². The molecule has 0 fully saturated rings. The number of primary amides is 1. The Kier molecular flexibility index (Phi) is 15.1. The largest absolute Gasteiger partial charge is 0.370 e. The normalized spacial score (nSPS) is 13.8. The van der Waals surface area contributed by atoms with Crippen molar-refractivity contribution in [1.82, 2.24) is 16.0 Å². The quantitative estimate of drug-likeness (QED) is 0.0683. The summed E-state index contributed by atoms with van der Waals surface area (Å²) in [6.07, 6.45) is 4.02. The lowest BCUT2D eigenvalue weighted by Crippen LogP contribution is -2.50. The summed E-state index contributed by atoms with van der Waals surface area (Å²) in [7, 11) is 0. The first-order chi connectivity index (χ1) is 20.1. The molecular weight excluding hydrogens is 532 g/mol. The number of benzene rings is 2. The van der Waals surface area contributed by atoms with E-state index in [4.69, 9.17) is 28.3 Å². The second-order valence-electron chi connectivity index (χ2n) is 10.8. The minimum Gasteiger partial charge on any atom is -0.370 e. The lowest BCUT2D eigenvalue weighted by Gasteiger charge is -2.27. The van der Waals surface area contributed by atoms with Crippen molar-refractivity contribution in [2.45, 2.75) is 76.4 Å². The van der Waals surface area contributed by atoms with Crippen LogP contribution in [0.15, 0.2) is 54.6 Å². The zero-order chi connectivity index (χ0) is 30.9. The molecule has 12 N–H and O–H groups in total. The van der Waals surface area contributed by atoms with Crippen LogP contribution in [0.25, 0.3) is 0 Å². The van der Waals surface area contributed by atoms with Gasteiger partial charge < -0.3 is 38.9 Å². The molecule has 0 saturated heterocycles. The molecule has 0 aliphatic heterocycles. The van der Waals surface area contributed by atoms with Crippen LogP contribution in [0.5, 0.6) is 0 Å². The Hall–Kier alpha value is -3.96. The number of hydrogen-bond donors (Lipinski definition) is 8. The third-order valence-corrected chi connectivity index (χ3v) is 7.30. The maximum Gasteiger partial charge on any atom is 0.239 e. The average molecular weight is 581 g/mol. The van der Waals surface area contributed by atoms with Crippen LogP contribution >= 0.6 is 0 Å². The van der Waals surface area contributed by atoms with Gasteiger partial charge in [0, 0.05) is 18.5 Å². The zero-order valence-corrected chi connectivity index (χ0v) is 24.6. The number of hydrogen-bond acceptors (Lipinski definition) is 6. The van der Waals surface area contributed by atoms with Crippen LogP contribution in [-0.4, -0.2) is 54.9 Å². The lowest BCUT2D eigenvalue weighted by molar-refractivity contribution is -0.130. The van der Waals surface area contributed by atoms with Gasteiger partial charge in [-0.05, 0) is 81.5 Å². The lowest BCUT2D eigenvalue weighted by atomic mass is 9.88. The first-order valence-electron chi connectivity index (χ1n) is 14.6. The van der Waals surface area contributed by atoms with Crippen LogP contribution in [0.3, 0.4) is 0 Å². The van der Waals surface area contributed by atoms with E-state index in [1.54, 1.807) is 0 Å². The molecule has 4 unspecified atom stereocenters. The summed E-state index contributed by atoms with van der Waals surface area (Å²) in [4.78, 5) is 39.0. The third kappa shape index (κ3) is 12.7. The Morgan fingerprint density at radius 1 is 0.857 bits per heavy atom. The van der Waals surface area contributed by atoms with Crippen molar-refractivity contribution in [2.24, 2.45) is 28.9 Å². The number of aryl methyl sites for hydroxylation is 1. The number of rotatable bonds is 19. The second kappa shape index (κ2) is 18.5. The fraction of sp³-hybridized carbons (Fsp3) is 0.484. The van der Waals surface area contributed by atoms with Gasteiger partial charge in [0.15, 0.2) is 5.96 Å². The number of nitrogens with one attached hydrogen (secondary N) is 4. The van der Waals surface area contributed by atoms with Gasteiger partial charge in [0.1, 0.15) is 6.04 Å². The molecule has 230 valence electrons. The molecule has 0 bridgehead atoms. The van der Waals surface area contributed by atoms with Crippen LogP contribution in [0.2, 0.25) is 0 Å². The first kappa shape index (κ1) is 34.2. The highest BCUT2D eigenvalue weighted by atomic mass is 16.2. The molecule has 11 nitrogen and oxygen atoms in total. The number of carbonyl (C=O) groups is 3. The highest BCUT2D eigenvalue weighted by molar-refractivity contribution is 5.88. The Morgan fingerprint density at radius 3 is 2.19 bits per heavy atom. The molecule has 2 aromatic rings. The number of guanidine groups is 1. The van der Waals surface area contributed by atoms with Gasteiger partial charge in [0.2, 0.25) is 17.7 Å². The molecule has 11 heteroatoms. The van der Waals surface area contributed by atoms with Gasteiger partial charge in [-0.2, -0.15) is 0 Å². The predicted molar refractivity (Wildman–Crippen MR) is 166 cm³/mol. The van der Waals surface area contributed by atoms with E-state index in [2.05, 4.69) is 16.0 Å². The van der Waals surface area contributed by atoms with E-state index >= 15 is 0 Å². The van der Waals surface area contributed by atoms with Crippen molar-refractivity contribution in [1.29, 1.82) is 5.41 Å². The smallest absolute Gasteiger partial charge is 0.239 e. The van der Waals surface area contributed by atoms with E-state index in [1.165, 1.54) is 0 Å². The highest BCUT2D eigenvalue weighted by Gasteiger charge is 2.29. The Balaban J connectivity index is 2.25. The van der Waals surface area contributed by atoms with Crippen LogP contribution in [0.1, 0.15) is 55.2 Å². The topological polar surface area (TPSA) is 215 Å². The van der Waals surface area contributed by atoms with E-state index < -0.39 is 30.0 Å². The van der Waals surface area contributed by atoms with Crippen LogP contribution < -0.4 is 38.9 Å². The molecular formula is C31H48N8O3. The highest BCUT2D eigenvalue weighted by Crippen LogP contribution is 2.20. The third-order valence-electron chi connectivity index (χ3n) is 7.30. The summed E-state index contributed by atoms with van der Waals surface area (Å²) in [6.45, 7) is 2.91. The molecule has 0 heterocycles. The Morgan fingerprint density at radius 2 is 1.55 bits per heavy atom. The number of carbonyl (C=O) groups excluding carboxylic acids is 3. The fourth-order valence-electron chi connectivity index (χ4n) is 4.89. The molecule has 0 saturated carbocycles. The summed E-state index contributed by atoms with van der Waals surface area (Å²) < 4.78 is 0. The molecule has 0 spiro atoms. The van der Waals surface area contributed by atoms with Crippen molar-refractivity contribution in [3.05, 3.63) is 71.3 Å². The van der Waals surface area contributed by atoms with Crippen LogP contribution in [0.4, 0.5) is 0 Å². The SMILES string of the molecule is Cc1ccccc1CC(CC(CCCNC(=N)N)NC(=O)C(N)Cc1ccccc1)C(=O)NC(CCCCN)C(N)=O. The number of amides is 3. The predicted octanol–water partition coefficient (Wildman–Crippen LogP) is 0.961. The molecule has 3 amide bonds. The van der Waals surface area contributed by atoms with Gasteiger partial charge >= 0.3 is 0 Å². The molecule has 0 aliphatic carbocycles. The van der Waals surface area contributed by atoms with Gasteiger partial charge in [0.05, 0.1) is 6.04 Å². The average Bonchev–Trinajstić information content (AvgIpc) is 2.95. The minimum atomic E-state index is -0.810. The van der Waals surface area contributed by atoms with Gasteiger partial charge in [-0.15, -0.1) is 0 Å². The molecule has 0 aromatic heterocycles. The van der Waals surface area contributed by atoms with Crippen molar-refractivity contribution in [3.63, 3.8) is 0 Å². The van der Waals surface area contributed by atoms with E-state index in [1.807, 2.05) is 61.5 Å². The van der Waals surface area contributed by atoms with Crippen molar-refractivity contribution >= 4 is 23.7 Å². The van der Waals surface area contributed by atoms with Gasteiger partial charge in [-0.1, -0.05) is 54.6 Å². The number of nitrogens with two attached hydrogens (primary N) is 4. The second-order valence-corrected chi connectivity index (χ2v) is 10.8. The summed E-state index contributed by atoms with van der Waals surface area (Å²) in [5.41, 5.74) is 25.9. The van der Waals surface area contributed by atoms with Gasteiger partial charge in [-0.25, -0.2) is 0 Å². The molecule has 2 aromatic carbocycles. The maximum atomic E-state index is 13.7. The summed E-state index contributed by atoms with van der Waals surface area (Å²) in [5, 5.41) is 16.1. The minimum absolute atomic E-state index is 0.135. The standard InChI is InChI=1S/C31H48N8O3/c1-21-10-5-6-13-23(21)19-24(29(41)39-27(28(34)40)15-7-8-16-32)20-25(14-9-17-37-31(35)36)38-30(42)26(33)18-22-11-3-2-4-12-22/h2-6,10-13,24-27H,7-9,14-20,32-33H2,1H3,(H2,34,40)(H,38,42)(H,39,41)(H4,35,36,37). The van der Waals surface area contributed by atoms with E-state index in [0.717, 1.165) is 23.1 Å². The summed E-state index contributed by atoms with van der Waals surface area (Å²) >= 11 is 0. The summed E-state index contributed by atoms with van der Waals surface area (Å²) in [6, 6.07) is 15.4. The molecule has 42 heavy (non-hydrogen) atoms. The van der Waals surface area contributed by atoms with Gasteiger partial charge in [0.25, 0.3) is 0 Å². The zero-order valence-electron chi connectivity index (χ0n) is 24.6. The van der Waals surface area contributed by atoms with Crippen LogP contribution in [0, 0.1) is 18.3 Å². The van der Waals surface area contributed by atoms with Crippen molar-refractivity contribution < 1.29 is 14.4 Å². The monoisotopic (exact) mass is 580 g/mol. The molecule has 4 atom stereocenters. The van der Waals surface area contributed by atoms with E-state index in [0.29, 0.717) is 58.0 Å². The van der Waals surface area contributed by atoms with Crippen LogP contribution in [-0.2, 0) is 27.2 Å². The Labute approximate surface area is 249 Å². The van der Waals surface area contributed by atoms with Crippen molar-refractivity contribution in [3.8, 4) is 0 Å². The fourth-order valence-corrected chi connectivity index (χ4v) is 4.89. The first-order valence-corrected chi connectivity index (χ1v) is 14.6. The van der Waals surface area contributed by atoms with E-state index in [-0.39, 0.29) is 17.8 Å². The van der Waals surface area contributed by atoms with Gasteiger partial charge in [-0.3, -0.25) is 19.8 Å².